The van der Waals surface area contributed by atoms with Crippen molar-refractivity contribution in [2.24, 2.45) is 10.1 Å². The largest absolute Gasteiger partial charge is 0.279 e. The van der Waals surface area contributed by atoms with Gasteiger partial charge in [0.2, 0.25) is 0 Å². The molecule has 0 unspecified atom stereocenters. The van der Waals surface area contributed by atoms with Gasteiger partial charge in [0.15, 0.2) is 0 Å². The Balaban J connectivity index is 1.64. The number of aliphatic imine (C=N–C) groups is 1. The highest BCUT2D eigenvalue weighted by atomic mass is 15.3. The highest BCUT2D eigenvalue weighted by Crippen LogP contribution is 2.36. The SMILES string of the molecule is C(=N/Nc1ccccc1)/[C@@H]1C(c2ccccc2)=Nc2ccccc21. The van der Waals surface area contributed by atoms with E-state index >= 15 is 0 Å². The third-order valence-electron chi connectivity index (χ3n) is 4.07. The third-order valence-corrected chi connectivity index (χ3v) is 4.07. The number of fused-ring (bicyclic) bond motifs is 1. The van der Waals surface area contributed by atoms with Gasteiger partial charge in [0.05, 0.1) is 23.0 Å². The molecule has 3 nitrogen and oxygen atoms in total. The van der Waals surface area contributed by atoms with Crippen LogP contribution in [0.2, 0.25) is 0 Å². The number of rotatable bonds is 4. The quantitative estimate of drug-likeness (QED) is 0.534. The zero-order valence-corrected chi connectivity index (χ0v) is 13.1. The van der Waals surface area contributed by atoms with E-state index in [4.69, 9.17) is 4.99 Å². The topological polar surface area (TPSA) is 36.8 Å². The van der Waals surface area contributed by atoms with Crippen molar-refractivity contribution in [2.45, 2.75) is 5.92 Å². The van der Waals surface area contributed by atoms with Crippen molar-refractivity contribution in [1.29, 1.82) is 0 Å². The molecule has 1 aliphatic rings. The van der Waals surface area contributed by atoms with Crippen LogP contribution in [-0.2, 0) is 0 Å². The molecule has 1 aliphatic heterocycles. The van der Waals surface area contributed by atoms with Crippen LogP contribution in [0.25, 0.3) is 0 Å². The Morgan fingerprint density at radius 2 is 1.46 bits per heavy atom. The van der Waals surface area contributed by atoms with Crippen LogP contribution in [0.15, 0.2) is 95.0 Å². The second kappa shape index (κ2) is 6.50. The van der Waals surface area contributed by atoms with Crippen molar-refractivity contribution in [3.63, 3.8) is 0 Å². The number of para-hydroxylation sites is 2. The summed E-state index contributed by atoms with van der Waals surface area (Å²) >= 11 is 0. The summed E-state index contributed by atoms with van der Waals surface area (Å²) < 4.78 is 0. The number of nitrogens with zero attached hydrogens (tertiary/aromatic N) is 2. The Morgan fingerprint density at radius 1 is 0.792 bits per heavy atom. The molecule has 0 aromatic heterocycles. The molecule has 0 aliphatic carbocycles. The summed E-state index contributed by atoms with van der Waals surface area (Å²) in [4.78, 5) is 4.83. The van der Waals surface area contributed by atoms with E-state index in [-0.39, 0.29) is 5.92 Å². The highest BCUT2D eigenvalue weighted by Gasteiger charge is 2.26. The molecule has 24 heavy (non-hydrogen) atoms. The van der Waals surface area contributed by atoms with Gasteiger partial charge in [-0.05, 0) is 29.3 Å². The van der Waals surface area contributed by atoms with Gasteiger partial charge in [0, 0.05) is 6.21 Å². The maximum Gasteiger partial charge on any atom is 0.0676 e. The molecule has 0 radical (unpaired) electrons. The van der Waals surface area contributed by atoms with Crippen LogP contribution in [0.5, 0.6) is 0 Å². The number of hydrogen-bond donors (Lipinski definition) is 1. The van der Waals surface area contributed by atoms with E-state index in [9.17, 15) is 0 Å². The standard InChI is InChI=1S/C21H17N3/c1-3-9-16(10-4-1)21-19(18-13-7-8-14-20(18)23-21)15-22-24-17-11-5-2-6-12-17/h1-15,19,24H/b22-15-/t19-/m0/s1. The van der Waals surface area contributed by atoms with Crippen molar-refractivity contribution in [1.82, 2.24) is 0 Å². The molecule has 0 amide bonds. The molecule has 1 atom stereocenters. The molecular formula is C21H17N3. The van der Waals surface area contributed by atoms with E-state index in [0.29, 0.717) is 0 Å². The number of anilines is 1. The molecule has 0 fully saturated rings. The van der Waals surface area contributed by atoms with Crippen molar-refractivity contribution in [2.75, 3.05) is 5.43 Å². The summed E-state index contributed by atoms with van der Waals surface area (Å²) in [6, 6.07) is 28.5. The van der Waals surface area contributed by atoms with Crippen LogP contribution in [0.4, 0.5) is 11.4 Å². The predicted molar refractivity (Wildman–Crippen MR) is 100 cm³/mol. The van der Waals surface area contributed by atoms with Crippen molar-refractivity contribution in [3.05, 3.63) is 96.1 Å². The molecular weight excluding hydrogens is 294 g/mol. The van der Waals surface area contributed by atoms with E-state index in [1.807, 2.05) is 66.9 Å². The van der Waals surface area contributed by atoms with Crippen LogP contribution in [0, 0.1) is 0 Å². The van der Waals surface area contributed by atoms with Crippen LogP contribution < -0.4 is 5.43 Å². The van der Waals surface area contributed by atoms with Gasteiger partial charge in [0.1, 0.15) is 0 Å². The van der Waals surface area contributed by atoms with Crippen molar-refractivity contribution >= 4 is 23.3 Å². The number of nitrogens with one attached hydrogen (secondary N) is 1. The Hall–Kier alpha value is -3.20. The fourth-order valence-electron chi connectivity index (χ4n) is 2.90. The lowest BCUT2D eigenvalue weighted by molar-refractivity contribution is 1.24. The highest BCUT2D eigenvalue weighted by molar-refractivity contribution is 6.17. The molecule has 1 heterocycles. The minimum Gasteiger partial charge on any atom is -0.279 e. The van der Waals surface area contributed by atoms with Gasteiger partial charge in [-0.25, -0.2) is 0 Å². The summed E-state index contributed by atoms with van der Waals surface area (Å²) in [5, 5.41) is 4.44. The Kier molecular flexibility index (Phi) is 3.90. The number of benzene rings is 3. The van der Waals surface area contributed by atoms with Gasteiger partial charge in [-0.2, -0.15) is 5.10 Å². The number of hydrogen-bond acceptors (Lipinski definition) is 3. The van der Waals surface area contributed by atoms with Gasteiger partial charge >= 0.3 is 0 Å². The first kappa shape index (κ1) is 14.4. The summed E-state index contributed by atoms with van der Waals surface area (Å²) in [6.45, 7) is 0. The first-order chi connectivity index (χ1) is 11.9. The van der Waals surface area contributed by atoms with Gasteiger partial charge in [-0.1, -0.05) is 66.7 Å². The monoisotopic (exact) mass is 311 g/mol. The first-order valence-electron chi connectivity index (χ1n) is 7.99. The van der Waals surface area contributed by atoms with Crippen LogP contribution in [0.3, 0.4) is 0 Å². The van der Waals surface area contributed by atoms with Crippen LogP contribution in [-0.4, -0.2) is 11.9 Å². The predicted octanol–water partition coefficient (Wildman–Crippen LogP) is 5.00. The van der Waals surface area contributed by atoms with E-state index < -0.39 is 0 Å². The Labute approximate surface area is 141 Å². The lowest BCUT2D eigenvalue weighted by atomic mass is 9.93. The van der Waals surface area contributed by atoms with Gasteiger partial charge in [-0.3, -0.25) is 10.4 Å². The molecule has 0 bridgehead atoms. The summed E-state index contributed by atoms with van der Waals surface area (Å²) in [6.07, 6.45) is 1.94. The van der Waals surface area contributed by atoms with E-state index in [0.717, 1.165) is 22.6 Å². The van der Waals surface area contributed by atoms with Gasteiger partial charge < -0.3 is 0 Å². The van der Waals surface area contributed by atoms with Crippen LogP contribution >= 0.6 is 0 Å². The third kappa shape index (κ3) is 2.84. The fraction of sp³-hybridized carbons (Fsp3) is 0.0476. The number of hydrazone groups is 1. The zero-order valence-electron chi connectivity index (χ0n) is 13.1. The van der Waals surface area contributed by atoms with Gasteiger partial charge in [0.25, 0.3) is 0 Å². The molecule has 1 N–H and O–H groups in total. The second-order valence-corrected chi connectivity index (χ2v) is 5.66. The molecule has 3 heteroatoms. The fourth-order valence-corrected chi connectivity index (χ4v) is 2.90. The van der Waals surface area contributed by atoms with E-state index in [1.54, 1.807) is 0 Å². The Morgan fingerprint density at radius 3 is 2.25 bits per heavy atom. The van der Waals surface area contributed by atoms with E-state index in [2.05, 4.69) is 34.8 Å². The molecule has 0 saturated carbocycles. The summed E-state index contributed by atoms with van der Waals surface area (Å²) in [5.74, 6) is 0.0554. The maximum absolute atomic E-state index is 4.83. The average Bonchev–Trinajstić information content (AvgIpc) is 3.02. The minimum atomic E-state index is 0.0554. The van der Waals surface area contributed by atoms with Gasteiger partial charge in [-0.15, -0.1) is 0 Å². The Bertz CT molecular complexity index is 883. The van der Waals surface area contributed by atoms with E-state index in [1.165, 1.54) is 5.56 Å². The average molecular weight is 311 g/mol. The molecule has 3 aromatic rings. The van der Waals surface area contributed by atoms with Crippen molar-refractivity contribution in [3.8, 4) is 0 Å². The molecule has 0 saturated heterocycles. The zero-order chi connectivity index (χ0) is 16.2. The molecule has 0 spiro atoms. The molecule has 4 rings (SSSR count). The van der Waals surface area contributed by atoms with Crippen molar-refractivity contribution < 1.29 is 0 Å². The van der Waals surface area contributed by atoms with Crippen LogP contribution in [0.1, 0.15) is 17.0 Å². The normalized spacial score (nSPS) is 16.0. The second-order valence-electron chi connectivity index (χ2n) is 5.66. The first-order valence-corrected chi connectivity index (χ1v) is 7.99. The summed E-state index contributed by atoms with van der Waals surface area (Å²) in [7, 11) is 0. The lowest BCUT2D eigenvalue weighted by Gasteiger charge is -2.10. The lowest BCUT2D eigenvalue weighted by Crippen LogP contribution is -2.12. The minimum absolute atomic E-state index is 0.0554. The summed E-state index contributed by atoms with van der Waals surface area (Å²) in [5.41, 5.74) is 8.44. The maximum atomic E-state index is 4.83. The molecule has 3 aromatic carbocycles. The molecule has 116 valence electrons. The smallest absolute Gasteiger partial charge is 0.0676 e.